The van der Waals surface area contributed by atoms with Crippen molar-refractivity contribution in [2.75, 3.05) is 6.61 Å². The summed E-state index contributed by atoms with van der Waals surface area (Å²) in [4.78, 5) is 45.9. The molecule has 262 valence electrons. The molecule has 0 aliphatic carbocycles. The number of aliphatic carboxylic acids is 1. The van der Waals surface area contributed by atoms with Gasteiger partial charge in [0.1, 0.15) is 6.10 Å². The van der Waals surface area contributed by atoms with Crippen LogP contribution in [-0.4, -0.2) is 51.1 Å². The number of ether oxygens (including phenoxy) is 2. The molecule has 3 heterocycles. The number of H-pyrrole nitrogens is 2. The van der Waals surface area contributed by atoms with Gasteiger partial charge in [0.05, 0.1) is 13.0 Å². The highest BCUT2D eigenvalue weighted by molar-refractivity contribution is 6.02. The maximum atomic E-state index is 13.8. The fraction of sp³-hybridized carbons (Fsp3) is 0.667. The van der Waals surface area contributed by atoms with Crippen molar-refractivity contribution in [3.8, 4) is 0 Å². The zero-order chi connectivity index (χ0) is 34.7. The number of ketones is 2. The lowest BCUT2D eigenvalue weighted by atomic mass is 9.79. The number of aromatic nitrogens is 2. The fourth-order valence-electron chi connectivity index (χ4n) is 6.54. The average Bonchev–Trinajstić information content (AvgIpc) is 3.68. The number of carboxylic acid groups (broad SMARTS) is 1. The number of hydrogen-bond acceptors (Lipinski definition) is 5. The van der Waals surface area contributed by atoms with E-state index in [4.69, 9.17) is 9.47 Å². The molecule has 8 heteroatoms. The van der Waals surface area contributed by atoms with Crippen molar-refractivity contribution >= 4 is 17.5 Å². The Bertz CT molecular complexity index is 1330. The summed E-state index contributed by atoms with van der Waals surface area (Å²) >= 11 is 0. The van der Waals surface area contributed by atoms with Crippen LogP contribution in [0.2, 0.25) is 0 Å². The van der Waals surface area contributed by atoms with Crippen LogP contribution < -0.4 is 0 Å². The zero-order valence-corrected chi connectivity index (χ0v) is 30.0. The van der Waals surface area contributed by atoms with Crippen LogP contribution in [0.15, 0.2) is 36.7 Å². The lowest BCUT2D eigenvalue weighted by Gasteiger charge is -2.45. The number of carboxylic acids is 1. The van der Waals surface area contributed by atoms with Crippen molar-refractivity contribution in [1.82, 2.24) is 9.97 Å². The van der Waals surface area contributed by atoms with E-state index in [1.54, 1.807) is 26.1 Å². The van der Waals surface area contributed by atoms with E-state index in [-0.39, 0.29) is 18.0 Å². The van der Waals surface area contributed by atoms with Gasteiger partial charge in [-0.25, -0.2) is 0 Å². The number of unbranched alkanes of at least 4 members (excludes halogenated alkanes) is 6. The van der Waals surface area contributed by atoms with E-state index >= 15 is 0 Å². The molecule has 0 bridgehead atoms. The van der Waals surface area contributed by atoms with Crippen LogP contribution in [-0.2, 0) is 20.7 Å². The number of aromatic amines is 2. The second kappa shape index (κ2) is 17.4. The van der Waals surface area contributed by atoms with Crippen molar-refractivity contribution in [1.29, 1.82) is 0 Å². The Balaban J connectivity index is 1.59. The molecule has 0 saturated carbocycles. The molecule has 1 fully saturated rings. The zero-order valence-electron chi connectivity index (χ0n) is 30.0. The SMILES string of the molecule is CCCCCCC=CCCCCC(C)(C)C(=O)c1cc[nH]c1CCCC(CC(=O)O)c1[nH]ccc1C(=O)C1OC(C)(C)OCC1(C)C. The van der Waals surface area contributed by atoms with E-state index in [0.29, 0.717) is 42.7 Å². The summed E-state index contributed by atoms with van der Waals surface area (Å²) in [5.74, 6) is -2.24. The molecule has 47 heavy (non-hydrogen) atoms. The number of Topliss-reactive ketones (excluding diaryl/α,β-unsaturated/α-hetero) is 2. The Morgan fingerprint density at radius 3 is 2.30 bits per heavy atom. The summed E-state index contributed by atoms with van der Waals surface area (Å²) in [5.41, 5.74) is 1.67. The van der Waals surface area contributed by atoms with Crippen molar-refractivity contribution in [3.63, 3.8) is 0 Å². The highest BCUT2D eigenvalue weighted by atomic mass is 16.7. The van der Waals surface area contributed by atoms with Crippen molar-refractivity contribution in [2.24, 2.45) is 10.8 Å². The second-order valence-electron chi connectivity index (χ2n) is 15.2. The second-order valence-corrected chi connectivity index (χ2v) is 15.2. The largest absolute Gasteiger partial charge is 0.481 e. The van der Waals surface area contributed by atoms with Crippen molar-refractivity contribution in [3.05, 3.63) is 59.2 Å². The molecular weight excluding hydrogens is 592 g/mol. The Labute approximate surface area is 282 Å². The monoisotopic (exact) mass is 652 g/mol. The maximum Gasteiger partial charge on any atom is 0.304 e. The average molecular weight is 653 g/mol. The van der Waals surface area contributed by atoms with Crippen LogP contribution >= 0.6 is 0 Å². The van der Waals surface area contributed by atoms with Gasteiger partial charge >= 0.3 is 5.97 Å². The molecule has 1 saturated heterocycles. The first-order chi connectivity index (χ1) is 22.2. The molecule has 2 atom stereocenters. The Morgan fingerprint density at radius 1 is 0.957 bits per heavy atom. The number of aryl methyl sites for hydroxylation is 1. The first-order valence-corrected chi connectivity index (χ1v) is 17.8. The molecule has 2 unspecified atom stereocenters. The number of hydrogen-bond donors (Lipinski definition) is 3. The van der Waals surface area contributed by atoms with Gasteiger partial charge in [-0.2, -0.15) is 0 Å². The van der Waals surface area contributed by atoms with Gasteiger partial charge < -0.3 is 24.5 Å². The van der Waals surface area contributed by atoms with Gasteiger partial charge in [0.25, 0.3) is 0 Å². The molecular formula is C39H60N2O6. The standard InChI is InChI=1S/C39H60N2O6/c1-8-9-10-11-12-13-14-15-16-17-23-37(2,3)35(45)29-21-24-40-31(29)20-18-19-28(26-32(42)43)33-30(22-25-41-33)34(44)36-38(4,5)27-46-39(6,7)47-36/h13-14,21-22,24-25,28,36,40-41H,8-12,15-20,23,26-27H2,1-7H3,(H,42,43). The molecule has 0 spiro atoms. The summed E-state index contributed by atoms with van der Waals surface area (Å²) < 4.78 is 11.9. The summed E-state index contributed by atoms with van der Waals surface area (Å²) in [5, 5.41) is 9.78. The molecule has 3 N–H and O–H groups in total. The molecule has 2 aromatic heterocycles. The number of allylic oxidation sites excluding steroid dienone is 2. The third-order valence-corrected chi connectivity index (χ3v) is 9.50. The van der Waals surface area contributed by atoms with Gasteiger partial charge in [-0.1, -0.05) is 72.5 Å². The van der Waals surface area contributed by atoms with Crippen LogP contribution in [0.1, 0.15) is 164 Å². The summed E-state index contributed by atoms with van der Waals surface area (Å²) in [6.07, 6.45) is 19.3. The van der Waals surface area contributed by atoms with E-state index in [1.165, 1.54) is 25.7 Å². The Morgan fingerprint density at radius 2 is 1.62 bits per heavy atom. The normalized spacial score (nSPS) is 18.4. The molecule has 3 rings (SSSR count). The van der Waals surface area contributed by atoms with Gasteiger partial charge in [0.15, 0.2) is 17.4 Å². The van der Waals surface area contributed by atoms with Crippen LogP contribution in [0, 0.1) is 10.8 Å². The van der Waals surface area contributed by atoms with E-state index in [0.717, 1.165) is 37.8 Å². The topological polar surface area (TPSA) is 121 Å². The van der Waals surface area contributed by atoms with Gasteiger partial charge in [0.2, 0.25) is 0 Å². The van der Waals surface area contributed by atoms with E-state index < -0.39 is 34.6 Å². The molecule has 8 nitrogen and oxygen atoms in total. The van der Waals surface area contributed by atoms with E-state index in [2.05, 4.69) is 29.0 Å². The van der Waals surface area contributed by atoms with Crippen LogP contribution in [0.4, 0.5) is 0 Å². The van der Waals surface area contributed by atoms with Crippen LogP contribution in [0.25, 0.3) is 0 Å². The number of carbonyl (C=O) groups is 3. The van der Waals surface area contributed by atoms with Crippen LogP contribution in [0.3, 0.4) is 0 Å². The lowest BCUT2D eigenvalue weighted by molar-refractivity contribution is -0.298. The minimum absolute atomic E-state index is 0.109. The van der Waals surface area contributed by atoms with Crippen molar-refractivity contribution < 1.29 is 29.0 Å². The molecule has 0 aromatic carbocycles. The van der Waals surface area contributed by atoms with Gasteiger partial charge in [-0.3, -0.25) is 14.4 Å². The quantitative estimate of drug-likeness (QED) is 0.0701. The molecule has 2 aromatic rings. The minimum Gasteiger partial charge on any atom is -0.481 e. The van der Waals surface area contributed by atoms with Gasteiger partial charge in [-0.05, 0) is 77.3 Å². The fourth-order valence-corrected chi connectivity index (χ4v) is 6.54. The summed E-state index contributed by atoms with van der Waals surface area (Å²) in [6, 6.07) is 3.59. The Kier molecular flexibility index (Phi) is 14.3. The minimum atomic E-state index is -0.924. The molecule has 0 radical (unpaired) electrons. The third-order valence-electron chi connectivity index (χ3n) is 9.50. The smallest absolute Gasteiger partial charge is 0.304 e. The third kappa shape index (κ3) is 11.3. The lowest BCUT2D eigenvalue weighted by Crippen LogP contribution is -2.53. The Hall–Kier alpha value is -2.97. The first-order valence-electron chi connectivity index (χ1n) is 17.8. The number of nitrogens with one attached hydrogen (secondary N) is 2. The maximum absolute atomic E-state index is 13.8. The molecule has 0 amide bonds. The molecule has 1 aliphatic rings. The highest BCUT2D eigenvalue weighted by Gasteiger charge is 2.46. The van der Waals surface area contributed by atoms with Gasteiger partial charge in [-0.15, -0.1) is 0 Å². The summed E-state index contributed by atoms with van der Waals surface area (Å²) in [6.45, 7) is 14.2. The van der Waals surface area contributed by atoms with E-state index in [9.17, 15) is 19.5 Å². The summed E-state index contributed by atoms with van der Waals surface area (Å²) in [7, 11) is 0. The molecule has 1 aliphatic heterocycles. The van der Waals surface area contributed by atoms with Crippen molar-refractivity contribution in [2.45, 2.75) is 150 Å². The van der Waals surface area contributed by atoms with Gasteiger partial charge in [0, 0.05) is 51.7 Å². The van der Waals surface area contributed by atoms with Crippen LogP contribution in [0.5, 0.6) is 0 Å². The number of rotatable bonds is 21. The number of carbonyl (C=O) groups excluding carboxylic acids is 2. The predicted molar refractivity (Wildman–Crippen MR) is 187 cm³/mol. The first kappa shape index (κ1) is 38.5. The highest BCUT2D eigenvalue weighted by Crippen LogP contribution is 2.38. The predicted octanol–water partition coefficient (Wildman–Crippen LogP) is 9.58. The van der Waals surface area contributed by atoms with E-state index in [1.807, 2.05) is 40.0 Å².